The maximum absolute atomic E-state index is 11.6. The summed E-state index contributed by atoms with van der Waals surface area (Å²) in [6.45, 7) is 0.460. The second-order valence-electron chi connectivity index (χ2n) is 5.30. The van der Waals surface area contributed by atoms with Crippen LogP contribution in [0.2, 0.25) is 0 Å². The Morgan fingerprint density at radius 3 is 2.75 bits per heavy atom. The Bertz CT molecular complexity index is 604. The average molecular weight is 270 g/mol. The minimum absolute atomic E-state index is 0.460. The lowest BCUT2D eigenvalue weighted by Crippen LogP contribution is -2.19. The first kappa shape index (κ1) is 12.9. The van der Waals surface area contributed by atoms with Crippen LogP contribution in [0.25, 0.3) is 0 Å². The molecular formula is C16H18N2O2. The Balaban J connectivity index is 1.88. The lowest BCUT2D eigenvalue weighted by molar-refractivity contribution is -0.139. The summed E-state index contributed by atoms with van der Waals surface area (Å²) in [5, 5.41) is 9.50. The molecule has 1 aromatic heterocycles. The molecule has 0 amide bonds. The molecule has 1 unspecified atom stereocenters. The van der Waals surface area contributed by atoms with Crippen molar-refractivity contribution in [2.24, 2.45) is 0 Å². The van der Waals surface area contributed by atoms with E-state index in [-0.39, 0.29) is 0 Å². The topological polar surface area (TPSA) is 55.1 Å². The van der Waals surface area contributed by atoms with Crippen molar-refractivity contribution in [3.63, 3.8) is 0 Å². The van der Waals surface area contributed by atoms with Gasteiger partial charge < -0.3 is 9.67 Å². The Kier molecular flexibility index (Phi) is 3.54. The van der Waals surface area contributed by atoms with E-state index >= 15 is 0 Å². The monoisotopic (exact) mass is 270 g/mol. The molecule has 0 radical (unpaired) electrons. The van der Waals surface area contributed by atoms with E-state index in [1.54, 1.807) is 6.33 Å². The molecule has 1 N–H and O–H groups in total. The van der Waals surface area contributed by atoms with Crippen molar-refractivity contribution in [2.75, 3.05) is 0 Å². The molecule has 1 aliphatic rings. The first-order valence-electron chi connectivity index (χ1n) is 7.06. The van der Waals surface area contributed by atoms with Gasteiger partial charge >= 0.3 is 5.97 Å². The van der Waals surface area contributed by atoms with Crippen LogP contribution in [0.15, 0.2) is 36.7 Å². The van der Waals surface area contributed by atoms with Crippen LogP contribution in [-0.2, 0) is 24.2 Å². The van der Waals surface area contributed by atoms with Gasteiger partial charge in [0, 0.05) is 12.2 Å². The quantitative estimate of drug-likeness (QED) is 0.929. The van der Waals surface area contributed by atoms with Crippen LogP contribution in [0.4, 0.5) is 0 Å². The fraction of sp³-hybridized carbons (Fsp3) is 0.375. The molecule has 0 fully saturated rings. The van der Waals surface area contributed by atoms with Crippen LogP contribution in [-0.4, -0.2) is 20.6 Å². The summed E-state index contributed by atoms with van der Waals surface area (Å²) in [7, 11) is 0. The van der Waals surface area contributed by atoms with Crippen molar-refractivity contribution in [3.8, 4) is 0 Å². The molecule has 0 saturated heterocycles. The minimum atomic E-state index is -0.783. The molecule has 20 heavy (non-hydrogen) atoms. The third kappa shape index (κ3) is 2.46. The predicted molar refractivity (Wildman–Crippen MR) is 75.7 cm³/mol. The molecule has 3 rings (SSSR count). The smallest absolute Gasteiger partial charge is 0.312 e. The number of carboxylic acid groups (broad SMARTS) is 1. The third-order valence-corrected chi connectivity index (χ3v) is 3.99. The summed E-state index contributed by atoms with van der Waals surface area (Å²) in [6, 6.07) is 9.43. The van der Waals surface area contributed by atoms with E-state index in [9.17, 15) is 9.90 Å². The maximum atomic E-state index is 11.6. The van der Waals surface area contributed by atoms with E-state index in [0.717, 1.165) is 24.1 Å². The van der Waals surface area contributed by atoms with Gasteiger partial charge in [-0.15, -0.1) is 0 Å². The Hall–Kier alpha value is -2.10. The highest BCUT2D eigenvalue weighted by molar-refractivity contribution is 5.76. The maximum Gasteiger partial charge on any atom is 0.312 e. The van der Waals surface area contributed by atoms with Gasteiger partial charge in [-0.2, -0.15) is 0 Å². The molecule has 104 valence electrons. The molecule has 4 heteroatoms. The molecule has 0 aliphatic heterocycles. The van der Waals surface area contributed by atoms with Gasteiger partial charge in [0.15, 0.2) is 0 Å². The lowest BCUT2D eigenvalue weighted by atomic mass is 9.97. The predicted octanol–water partition coefficient (Wildman–Crippen LogP) is 2.63. The van der Waals surface area contributed by atoms with Crippen LogP contribution in [0.3, 0.4) is 0 Å². The zero-order valence-corrected chi connectivity index (χ0v) is 11.3. The standard InChI is InChI=1S/C16H18N2O2/c19-16(20)13(12-6-2-1-3-7-12)10-18-11-17-14-8-4-5-9-15(14)18/h1-3,6-7,11,13H,4-5,8-10H2,(H,19,20). The third-order valence-electron chi connectivity index (χ3n) is 3.99. The SMILES string of the molecule is O=C(O)C(Cn1cnc2c1CCCC2)c1ccccc1. The molecule has 1 heterocycles. The summed E-state index contributed by atoms with van der Waals surface area (Å²) in [6.07, 6.45) is 6.18. The number of hydrogen-bond acceptors (Lipinski definition) is 2. The van der Waals surface area contributed by atoms with Gasteiger partial charge in [-0.05, 0) is 31.2 Å². The molecular weight excluding hydrogens is 252 g/mol. The van der Waals surface area contributed by atoms with E-state index in [2.05, 4.69) is 4.98 Å². The second-order valence-corrected chi connectivity index (χ2v) is 5.30. The van der Waals surface area contributed by atoms with Gasteiger partial charge in [0.2, 0.25) is 0 Å². The molecule has 1 aliphatic carbocycles. The van der Waals surface area contributed by atoms with Crippen LogP contribution >= 0.6 is 0 Å². The number of rotatable bonds is 4. The molecule has 4 nitrogen and oxygen atoms in total. The molecule has 2 aromatic rings. The van der Waals surface area contributed by atoms with Crippen molar-refractivity contribution in [2.45, 2.75) is 38.1 Å². The van der Waals surface area contributed by atoms with E-state index in [4.69, 9.17) is 0 Å². The molecule has 0 saturated carbocycles. The van der Waals surface area contributed by atoms with Crippen molar-refractivity contribution < 1.29 is 9.90 Å². The van der Waals surface area contributed by atoms with Crippen LogP contribution < -0.4 is 0 Å². The van der Waals surface area contributed by atoms with Gasteiger partial charge in [0.05, 0.1) is 17.9 Å². The number of aryl methyl sites for hydroxylation is 1. The highest BCUT2D eigenvalue weighted by Crippen LogP contribution is 2.24. The number of carbonyl (C=O) groups is 1. The van der Waals surface area contributed by atoms with Crippen molar-refractivity contribution in [1.82, 2.24) is 9.55 Å². The largest absolute Gasteiger partial charge is 0.481 e. The first-order valence-corrected chi connectivity index (χ1v) is 7.06. The number of imidazole rings is 1. The Morgan fingerprint density at radius 1 is 1.25 bits per heavy atom. The number of carboxylic acids is 1. The average Bonchev–Trinajstić information content (AvgIpc) is 2.88. The Labute approximate surface area is 118 Å². The lowest BCUT2D eigenvalue weighted by Gasteiger charge is -2.18. The summed E-state index contributed by atoms with van der Waals surface area (Å²) < 4.78 is 2.03. The van der Waals surface area contributed by atoms with Gasteiger partial charge in [0.1, 0.15) is 0 Å². The highest BCUT2D eigenvalue weighted by atomic mass is 16.4. The van der Waals surface area contributed by atoms with Crippen LogP contribution in [0.5, 0.6) is 0 Å². The van der Waals surface area contributed by atoms with Gasteiger partial charge in [-0.3, -0.25) is 4.79 Å². The van der Waals surface area contributed by atoms with Gasteiger partial charge in [-0.25, -0.2) is 4.98 Å². The van der Waals surface area contributed by atoms with Crippen molar-refractivity contribution in [1.29, 1.82) is 0 Å². The van der Waals surface area contributed by atoms with Crippen molar-refractivity contribution >= 4 is 5.97 Å². The van der Waals surface area contributed by atoms with Gasteiger partial charge in [0.25, 0.3) is 0 Å². The number of nitrogens with zero attached hydrogens (tertiary/aromatic N) is 2. The van der Waals surface area contributed by atoms with E-state index in [0.29, 0.717) is 6.54 Å². The number of aromatic nitrogens is 2. The first-order chi connectivity index (χ1) is 9.75. The van der Waals surface area contributed by atoms with Crippen LogP contribution in [0.1, 0.15) is 35.7 Å². The zero-order valence-electron chi connectivity index (χ0n) is 11.3. The second kappa shape index (κ2) is 5.49. The highest BCUT2D eigenvalue weighted by Gasteiger charge is 2.23. The molecule has 1 atom stereocenters. The zero-order chi connectivity index (χ0) is 13.9. The summed E-state index contributed by atoms with van der Waals surface area (Å²) in [4.78, 5) is 16.0. The fourth-order valence-electron chi connectivity index (χ4n) is 2.90. The van der Waals surface area contributed by atoms with Gasteiger partial charge in [-0.1, -0.05) is 30.3 Å². The Morgan fingerprint density at radius 2 is 2.00 bits per heavy atom. The van der Waals surface area contributed by atoms with E-state index < -0.39 is 11.9 Å². The minimum Gasteiger partial charge on any atom is -0.481 e. The van der Waals surface area contributed by atoms with Crippen molar-refractivity contribution in [3.05, 3.63) is 53.6 Å². The number of aliphatic carboxylic acids is 1. The normalized spacial score (nSPS) is 15.6. The summed E-state index contributed by atoms with van der Waals surface area (Å²) in [5.41, 5.74) is 3.21. The van der Waals surface area contributed by atoms with E-state index in [1.807, 2.05) is 34.9 Å². The number of benzene rings is 1. The molecule has 1 aromatic carbocycles. The fourth-order valence-corrected chi connectivity index (χ4v) is 2.90. The number of fused-ring (bicyclic) bond motifs is 1. The molecule has 0 spiro atoms. The van der Waals surface area contributed by atoms with E-state index in [1.165, 1.54) is 18.5 Å². The summed E-state index contributed by atoms with van der Waals surface area (Å²) in [5.74, 6) is -1.30. The van der Waals surface area contributed by atoms with Crippen LogP contribution in [0, 0.1) is 0 Å². The number of hydrogen-bond donors (Lipinski definition) is 1. The summed E-state index contributed by atoms with van der Waals surface area (Å²) >= 11 is 0. The molecule has 0 bridgehead atoms.